The van der Waals surface area contributed by atoms with Crippen LogP contribution in [-0.4, -0.2) is 24.9 Å². The van der Waals surface area contributed by atoms with Crippen LogP contribution in [0.2, 0.25) is 0 Å². The molecule has 0 spiro atoms. The summed E-state index contributed by atoms with van der Waals surface area (Å²) in [6, 6.07) is 1.23. The highest BCUT2D eigenvalue weighted by Gasteiger charge is 2.18. The van der Waals surface area contributed by atoms with Crippen molar-refractivity contribution in [1.29, 1.82) is 0 Å². The van der Waals surface area contributed by atoms with Gasteiger partial charge in [0.05, 0.1) is 0 Å². The molecule has 5 nitrogen and oxygen atoms in total. The van der Waals surface area contributed by atoms with E-state index in [1.807, 2.05) is 13.8 Å². The quantitative estimate of drug-likeness (QED) is 0.831. The summed E-state index contributed by atoms with van der Waals surface area (Å²) in [5, 5.41) is 2.67. The number of rotatable bonds is 3. The zero-order valence-electron chi connectivity index (χ0n) is 9.19. The first kappa shape index (κ1) is 13.1. The Balaban J connectivity index is 3.08. The van der Waals surface area contributed by atoms with Gasteiger partial charge in [0.25, 0.3) is 15.0 Å². The third-order valence-corrected chi connectivity index (χ3v) is 3.23. The molecule has 16 heavy (non-hydrogen) atoms. The van der Waals surface area contributed by atoms with Crippen LogP contribution in [-0.2, 0) is 16.1 Å². The van der Waals surface area contributed by atoms with Crippen LogP contribution in [0.3, 0.4) is 0 Å². The highest BCUT2D eigenvalue weighted by molar-refractivity contribution is 8.13. The second-order valence-electron chi connectivity index (χ2n) is 3.74. The molecule has 0 aliphatic carbocycles. The Bertz CT molecular complexity index is 505. The number of hydrogen-bond acceptors (Lipinski definition) is 3. The van der Waals surface area contributed by atoms with E-state index in [9.17, 15) is 13.2 Å². The molecule has 0 aromatic carbocycles. The summed E-state index contributed by atoms with van der Waals surface area (Å²) >= 11 is 0. The zero-order chi connectivity index (χ0) is 12.5. The van der Waals surface area contributed by atoms with E-state index in [1.165, 1.54) is 16.8 Å². The number of carbonyl (C=O) groups is 1. The molecule has 0 atom stereocenters. The maximum atomic E-state index is 11.6. The number of hydrogen-bond donors (Lipinski definition) is 1. The topological polar surface area (TPSA) is 68.2 Å². The Labute approximate surface area is 98.8 Å². The largest absolute Gasteiger partial charge is 0.349 e. The monoisotopic (exact) mass is 264 g/mol. The van der Waals surface area contributed by atoms with Crippen molar-refractivity contribution < 1.29 is 13.2 Å². The van der Waals surface area contributed by atoms with Crippen LogP contribution >= 0.6 is 10.7 Å². The van der Waals surface area contributed by atoms with Crippen molar-refractivity contribution in [1.82, 2.24) is 9.88 Å². The molecule has 0 radical (unpaired) electrons. The molecule has 1 amide bonds. The van der Waals surface area contributed by atoms with Crippen molar-refractivity contribution >= 4 is 25.6 Å². The van der Waals surface area contributed by atoms with E-state index in [1.54, 1.807) is 7.05 Å². The molecular weight excluding hydrogens is 252 g/mol. The summed E-state index contributed by atoms with van der Waals surface area (Å²) in [5.74, 6) is -0.330. The van der Waals surface area contributed by atoms with Gasteiger partial charge in [0.2, 0.25) is 0 Å². The molecule has 90 valence electrons. The van der Waals surface area contributed by atoms with Crippen molar-refractivity contribution in [3.05, 3.63) is 18.0 Å². The van der Waals surface area contributed by atoms with Crippen LogP contribution in [0.25, 0.3) is 0 Å². The minimum Gasteiger partial charge on any atom is -0.349 e. The number of nitrogens with zero attached hydrogens (tertiary/aromatic N) is 1. The number of nitrogens with one attached hydrogen (secondary N) is 1. The van der Waals surface area contributed by atoms with Crippen LogP contribution < -0.4 is 5.32 Å². The Morgan fingerprint density at radius 2 is 2.06 bits per heavy atom. The number of aryl methyl sites for hydroxylation is 1. The van der Waals surface area contributed by atoms with Gasteiger partial charge in [0, 0.05) is 30.0 Å². The minimum atomic E-state index is -3.80. The van der Waals surface area contributed by atoms with Gasteiger partial charge in [0.1, 0.15) is 10.6 Å². The van der Waals surface area contributed by atoms with Gasteiger partial charge in [-0.2, -0.15) is 0 Å². The standard InChI is InChI=1S/C9H13ClN2O3S/c1-6(2)11-9(13)8-4-7(5-12(8)3)16(10,14)15/h4-6H,1-3H3,(H,11,13). The van der Waals surface area contributed by atoms with Gasteiger partial charge >= 0.3 is 0 Å². The van der Waals surface area contributed by atoms with Crippen molar-refractivity contribution in [3.63, 3.8) is 0 Å². The second-order valence-corrected chi connectivity index (χ2v) is 6.30. The zero-order valence-corrected chi connectivity index (χ0v) is 10.8. The third-order valence-electron chi connectivity index (χ3n) is 1.91. The maximum absolute atomic E-state index is 11.6. The van der Waals surface area contributed by atoms with Gasteiger partial charge in [-0.1, -0.05) is 0 Å². The first-order chi connectivity index (χ1) is 7.21. The van der Waals surface area contributed by atoms with Crippen LogP contribution in [0.5, 0.6) is 0 Å². The molecule has 1 N–H and O–H groups in total. The molecule has 0 saturated heterocycles. The average molecular weight is 265 g/mol. The summed E-state index contributed by atoms with van der Waals surface area (Å²) < 4.78 is 23.6. The highest BCUT2D eigenvalue weighted by atomic mass is 35.7. The average Bonchev–Trinajstić information content (AvgIpc) is 2.44. The second kappa shape index (κ2) is 4.47. The highest BCUT2D eigenvalue weighted by Crippen LogP contribution is 2.17. The SMILES string of the molecule is CC(C)NC(=O)c1cc(S(=O)(=O)Cl)cn1C. The third kappa shape index (κ3) is 2.99. The van der Waals surface area contributed by atoms with Gasteiger partial charge in [-0.3, -0.25) is 4.79 Å². The van der Waals surface area contributed by atoms with E-state index < -0.39 is 9.05 Å². The molecule has 0 aliphatic heterocycles. The molecule has 1 heterocycles. The van der Waals surface area contributed by atoms with Gasteiger partial charge in [0.15, 0.2) is 0 Å². The van der Waals surface area contributed by atoms with E-state index in [0.29, 0.717) is 0 Å². The lowest BCUT2D eigenvalue weighted by molar-refractivity contribution is 0.0935. The predicted octanol–water partition coefficient (Wildman–Crippen LogP) is 1.09. The Morgan fingerprint density at radius 1 is 1.50 bits per heavy atom. The Morgan fingerprint density at radius 3 is 2.44 bits per heavy atom. The number of halogens is 1. The number of amides is 1. The predicted molar refractivity (Wildman–Crippen MR) is 61.1 cm³/mol. The fourth-order valence-corrected chi connectivity index (χ4v) is 2.02. The molecule has 0 bridgehead atoms. The lowest BCUT2D eigenvalue weighted by Gasteiger charge is -2.08. The van der Waals surface area contributed by atoms with E-state index in [-0.39, 0.29) is 22.5 Å². The first-order valence-corrected chi connectivity index (χ1v) is 6.94. The van der Waals surface area contributed by atoms with E-state index in [0.717, 1.165) is 0 Å². The van der Waals surface area contributed by atoms with Crippen LogP contribution in [0.15, 0.2) is 17.2 Å². The molecule has 0 fully saturated rings. The lowest BCUT2D eigenvalue weighted by atomic mass is 10.3. The normalized spacial score (nSPS) is 11.8. The number of carbonyl (C=O) groups excluding carboxylic acids is 1. The molecule has 1 rings (SSSR count). The molecule has 0 saturated carbocycles. The fourth-order valence-electron chi connectivity index (χ4n) is 1.23. The van der Waals surface area contributed by atoms with E-state index >= 15 is 0 Å². The van der Waals surface area contributed by atoms with Crippen LogP contribution in [0.1, 0.15) is 24.3 Å². The molecule has 7 heteroatoms. The van der Waals surface area contributed by atoms with Crippen molar-refractivity contribution in [3.8, 4) is 0 Å². The number of aromatic nitrogens is 1. The Kier molecular flexibility index (Phi) is 3.64. The van der Waals surface area contributed by atoms with Gasteiger partial charge in [-0.25, -0.2) is 8.42 Å². The van der Waals surface area contributed by atoms with Crippen LogP contribution in [0, 0.1) is 0 Å². The van der Waals surface area contributed by atoms with Crippen molar-refractivity contribution in [2.45, 2.75) is 24.8 Å². The minimum absolute atomic E-state index is 0.0153. The molecule has 1 aromatic rings. The summed E-state index contributed by atoms with van der Waals surface area (Å²) in [4.78, 5) is 11.6. The summed E-state index contributed by atoms with van der Waals surface area (Å²) in [5.41, 5.74) is 0.257. The van der Waals surface area contributed by atoms with Crippen molar-refractivity contribution in [2.75, 3.05) is 0 Å². The molecule has 0 unspecified atom stereocenters. The van der Waals surface area contributed by atoms with E-state index in [4.69, 9.17) is 10.7 Å². The smallest absolute Gasteiger partial charge is 0.268 e. The van der Waals surface area contributed by atoms with Crippen LogP contribution in [0.4, 0.5) is 0 Å². The van der Waals surface area contributed by atoms with E-state index in [2.05, 4.69) is 5.32 Å². The summed E-state index contributed by atoms with van der Waals surface area (Å²) in [6.45, 7) is 3.64. The fraction of sp³-hybridized carbons (Fsp3) is 0.444. The maximum Gasteiger partial charge on any atom is 0.268 e. The first-order valence-electron chi connectivity index (χ1n) is 4.63. The summed E-state index contributed by atoms with van der Waals surface area (Å²) in [7, 11) is 2.97. The molecular formula is C9H13ClN2O3S. The molecule has 0 aliphatic rings. The Hall–Kier alpha value is -1.01. The van der Waals surface area contributed by atoms with Gasteiger partial charge in [-0.15, -0.1) is 0 Å². The van der Waals surface area contributed by atoms with Crippen molar-refractivity contribution in [2.24, 2.45) is 7.05 Å². The van der Waals surface area contributed by atoms with Gasteiger partial charge < -0.3 is 9.88 Å². The van der Waals surface area contributed by atoms with Gasteiger partial charge in [-0.05, 0) is 19.9 Å². The lowest BCUT2D eigenvalue weighted by Crippen LogP contribution is -2.31. The molecule has 1 aromatic heterocycles. The summed E-state index contributed by atoms with van der Waals surface area (Å²) in [6.07, 6.45) is 1.30.